The molecule has 0 aliphatic rings. The molecule has 0 spiro atoms. The van der Waals surface area contributed by atoms with Gasteiger partial charge in [-0.25, -0.2) is 4.98 Å². The maximum absolute atomic E-state index is 5.08. The lowest BCUT2D eigenvalue weighted by atomic mass is 9.90. The summed E-state index contributed by atoms with van der Waals surface area (Å²) in [5.41, 5.74) is 12.0. The van der Waals surface area contributed by atoms with Crippen molar-refractivity contribution < 1.29 is 0 Å². The number of hydrogen-bond donors (Lipinski definition) is 0. The molecule has 1 aromatic heterocycles. The summed E-state index contributed by atoms with van der Waals surface area (Å²) in [4.78, 5) is 5.08. The highest BCUT2D eigenvalue weighted by Gasteiger charge is 2.14. The third-order valence-corrected chi connectivity index (χ3v) is 5.51. The van der Waals surface area contributed by atoms with Crippen LogP contribution >= 0.6 is 0 Å². The Morgan fingerprint density at radius 1 is 0.727 bits per heavy atom. The van der Waals surface area contributed by atoms with Crippen LogP contribution < -0.4 is 0 Å². The van der Waals surface area contributed by atoms with Gasteiger partial charge < -0.3 is 0 Å². The zero-order chi connectivity index (χ0) is 16.2. The fourth-order valence-corrected chi connectivity index (χ4v) is 3.70. The number of rotatable bonds is 1. The Balaban J connectivity index is 2.56. The van der Waals surface area contributed by atoms with Crippen molar-refractivity contribution in [1.29, 1.82) is 0 Å². The number of benzene rings is 2. The van der Waals surface area contributed by atoms with Gasteiger partial charge in [0.1, 0.15) is 0 Å². The number of hydrogen-bond acceptors (Lipinski definition) is 1. The first kappa shape index (κ1) is 15.0. The van der Waals surface area contributed by atoms with Gasteiger partial charge in [-0.15, -0.1) is 0 Å². The maximum atomic E-state index is 5.08. The first-order chi connectivity index (χ1) is 10.4. The van der Waals surface area contributed by atoms with E-state index < -0.39 is 0 Å². The molecule has 3 aromatic rings. The highest BCUT2D eigenvalue weighted by Crippen LogP contribution is 2.33. The first-order valence-electron chi connectivity index (χ1n) is 8.16. The molecule has 0 radical (unpaired) electrons. The van der Waals surface area contributed by atoms with Crippen LogP contribution in [0.3, 0.4) is 0 Å². The van der Waals surface area contributed by atoms with Crippen molar-refractivity contribution in [3.05, 3.63) is 51.1 Å². The molecule has 0 saturated heterocycles. The van der Waals surface area contributed by atoms with Crippen LogP contribution in [-0.2, 0) is 6.42 Å². The van der Waals surface area contributed by atoms with E-state index in [2.05, 4.69) is 60.6 Å². The van der Waals surface area contributed by atoms with Gasteiger partial charge in [-0.2, -0.15) is 0 Å². The Bertz CT molecular complexity index is 917. The summed E-state index contributed by atoms with van der Waals surface area (Å²) in [7, 11) is 0. The van der Waals surface area contributed by atoms with E-state index in [0.29, 0.717) is 0 Å². The quantitative estimate of drug-likeness (QED) is 0.516. The van der Waals surface area contributed by atoms with E-state index in [1.165, 1.54) is 55.2 Å². The highest BCUT2D eigenvalue weighted by molar-refractivity contribution is 5.98. The van der Waals surface area contributed by atoms with Crippen molar-refractivity contribution in [3.63, 3.8) is 0 Å². The Hall–Kier alpha value is -1.89. The van der Waals surface area contributed by atoms with Gasteiger partial charge in [-0.05, 0) is 99.0 Å². The lowest BCUT2D eigenvalue weighted by Gasteiger charge is -2.17. The van der Waals surface area contributed by atoms with Crippen molar-refractivity contribution in [3.8, 4) is 0 Å². The normalized spacial score (nSPS) is 11.6. The molecule has 0 fully saturated rings. The standard InChI is InChI=1S/C21H25N/c1-8-18-13(4)15(6)21-19(16(18)7)10-17-9-11(2)12(3)14(5)20(17)22-21/h9-10H,8H2,1-7H3. The maximum Gasteiger partial charge on any atom is 0.0744 e. The van der Waals surface area contributed by atoms with E-state index >= 15 is 0 Å². The van der Waals surface area contributed by atoms with E-state index in [1.807, 2.05) is 0 Å². The summed E-state index contributed by atoms with van der Waals surface area (Å²) in [5, 5.41) is 2.58. The van der Waals surface area contributed by atoms with Crippen molar-refractivity contribution in [2.24, 2.45) is 0 Å². The molecule has 0 aliphatic heterocycles. The zero-order valence-electron chi connectivity index (χ0n) is 14.8. The molecule has 3 rings (SSSR count). The van der Waals surface area contributed by atoms with Gasteiger partial charge in [0.25, 0.3) is 0 Å². The zero-order valence-corrected chi connectivity index (χ0v) is 14.8. The second kappa shape index (κ2) is 5.08. The molecule has 2 aromatic carbocycles. The number of nitrogens with zero attached hydrogens (tertiary/aromatic N) is 1. The number of aromatic nitrogens is 1. The van der Waals surface area contributed by atoms with Gasteiger partial charge in [0.15, 0.2) is 0 Å². The second-order valence-electron chi connectivity index (χ2n) is 6.61. The van der Waals surface area contributed by atoms with Crippen LogP contribution in [0.1, 0.15) is 45.9 Å². The predicted octanol–water partition coefficient (Wildman–Crippen LogP) is 5.80. The summed E-state index contributed by atoms with van der Waals surface area (Å²) in [6.45, 7) is 15.5. The third-order valence-electron chi connectivity index (χ3n) is 5.51. The van der Waals surface area contributed by atoms with Crippen molar-refractivity contribution in [2.45, 2.75) is 54.9 Å². The van der Waals surface area contributed by atoms with E-state index in [9.17, 15) is 0 Å². The smallest absolute Gasteiger partial charge is 0.0744 e. The molecule has 0 aliphatic carbocycles. The van der Waals surface area contributed by atoms with E-state index in [1.54, 1.807) is 0 Å². The van der Waals surface area contributed by atoms with Crippen LogP contribution in [0.4, 0.5) is 0 Å². The SMILES string of the molecule is CCc1c(C)c(C)c2nc3c(C)c(C)c(C)cc3cc2c1C. The monoisotopic (exact) mass is 291 g/mol. The Labute approximate surface area is 133 Å². The van der Waals surface area contributed by atoms with Gasteiger partial charge in [-0.1, -0.05) is 6.92 Å². The van der Waals surface area contributed by atoms with Crippen LogP contribution in [0.5, 0.6) is 0 Å². The lowest BCUT2D eigenvalue weighted by Crippen LogP contribution is -2.00. The van der Waals surface area contributed by atoms with Crippen molar-refractivity contribution >= 4 is 21.8 Å². The minimum Gasteiger partial charge on any atom is -0.247 e. The molecule has 0 atom stereocenters. The first-order valence-corrected chi connectivity index (χ1v) is 8.16. The summed E-state index contributed by atoms with van der Waals surface area (Å²) in [5.74, 6) is 0. The van der Waals surface area contributed by atoms with Crippen LogP contribution in [0, 0.1) is 41.5 Å². The molecular formula is C21H25N. The molecule has 0 bridgehead atoms. The Kier molecular flexibility index (Phi) is 3.47. The molecule has 0 unspecified atom stereocenters. The summed E-state index contributed by atoms with van der Waals surface area (Å²) in [6, 6.07) is 4.63. The van der Waals surface area contributed by atoms with Crippen LogP contribution in [0.25, 0.3) is 21.8 Å². The number of fused-ring (bicyclic) bond motifs is 2. The summed E-state index contributed by atoms with van der Waals surface area (Å²) >= 11 is 0. The number of pyridine rings is 1. The molecule has 114 valence electrons. The third kappa shape index (κ3) is 1.95. The van der Waals surface area contributed by atoms with Gasteiger partial charge in [0.05, 0.1) is 11.0 Å². The fourth-order valence-electron chi connectivity index (χ4n) is 3.70. The Morgan fingerprint density at radius 3 is 2.00 bits per heavy atom. The average Bonchev–Trinajstić information content (AvgIpc) is 2.50. The lowest BCUT2D eigenvalue weighted by molar-refractivity contribution is 1.08. The minimum absolute atomic E-state index is 1.08. The van der Waals surface area contributed by atoms with Gasteiger partial charge in [0, 0.05) is 10.8 Å². The minimum atomic E-state index is 1.08. The van der Waals surface area contributed by atoms with Crippen LogP contribution in [0.15, 0.2) is 12.1 Å². The molecule has 0 saturated carbocycles. The molecule has 0 N–H and O–H groups in total. The largest absolute Gasteiger partial charge is 0.247 e. The Morgan fingerprint density at radius 2 is 1.36 bits per heavy atom. The van der Waals surface area contributed by atoms with Gasteiger partial charge >= 0.3 is 0 Å². The predicted molar refractivity (Wildman–Crippen MR) is 97.0 cm³/mol. The molecular weight excluding hydrogens is 266 g/mol. The number of aryl methyl sites for hydroxylation is 4. The molecule has 22 heavy (non-hydrogen) atoms. The van der Waals surface area contributed by atoms with Gasteiger partial charge in [-0.3, -0.25) is 0 Å². The van der Waals surface area contributed by atoms with E-state index in [-0.39, 0.29) is 0 Å². The van der Waals surface area contributed by atoms with Crippen LogP contribution in [-0.4, -0.2) is 4.98 Å². The second-order valence-corrected chi connectivity index (χ2v) is 6.61. The average molecular weight is 291 g/mol. The van der Waals surface area contributed by atoms with Crippen molar-refractivity contribution in [2.75, 3.05) is 0 Å². The fraction of sp³-hybridized carbons (Fsp3) is 0.381. The van der Waals surface area contributed by atoms with E-state index in [0.717, 1.165) is 11.9 Å². The highest BCUT2D eigenvalue weighted by atomic mass is 14.7. The molecule has 1 nitrogen and oxygen atoms in total. The summed E-state index contributed by atoms with van der Waals surface area (Å²) in [6.07, 6.45) is 1.08. The van der Waals surface area contributed by atoms with Crippen molar-refractivity contribution in [1.82, 2.24) is 4.98 Å². The topological polar surface area (TPSA) is 12.9 Å². The molecule has 1 heteroatoms. The summed E-state index contributed by atoms with van der Waals surface area (Å²) < 4.78 is 0. The molecule has 0 amide bonds. The van der Waals surface area contributed by atoms with Gasteiger partial charge in [0.2, 0.25) is 0 Å². The van der Waals surface area contributed by atoms with Crippen LogP contribution in [0.2, 0.25) is 0 Å². The molecule has 1 heterocycles. The van der Waals surface area contributed by atoms with E-state index in [4.69, 9.17) is 4.98 Å².